The van der Waals surface area contributed by atoms with Crippen molar-refractivity contribution in [1.82, 2.24) is 20.3 Å². The summed E-state index contributed by atoms with van der Waals surface area (Å²) >= 11 is 0. The molecule has 0 spiro atoms. The molecule has 2 aromatic heterocycles. The number of aryl methyl sites for hydroxylation is 1. The van der Waals surface area contributed by atoms with Gasteiger partial charge in [0.25, 0.3) is 5.91 Å². The van der Waals surface area contributed by atoms with Gasteiger partial charge in [-0.2, -0.15) is 0 Å². The minimum Gasteiger partial charge on any atom is -0.367 e. The molecule has 6 heteroatoms. The van der Waals surface area contributed by atoms with Gasteiger partial charge in [0, 0.05) is 43.0 Å². The van der Waals surface area contributed by atoms with Crippen LogP contribution in [0.25, 0.3) is 0 Å². The van der Waals surface area contributed by atoms with Gasteiger partial charge in [0.15, 0.2) is 5.82 Å². The monoisotopic (exact) mass is 326 g/mol. The van der Waals surface area contributed by atoms with E-state index in [-0.39, 0.29) is 5.91 Å². The molecule has 0 bridgehead atoms. The fraction of sp³-hybridized carbons (Fsp3) is 0.444. The van der Waals surface area contributed by atoms with E-state index < -0.39 is 5.60 Å². The van der Waals surface area contributed by atoms with Crippen LogP contribution in [0, 0.1) is 6.92 Å². The maximum Gasteiger partial charge on any atom is 0.253 e. The number of hydrogen-bond donors (Lipinski definition) is 1. The first-order valence-electron chi connectivity index (χ1n) is 8.24. The average Bonchev–Trinajstić information content (AvgIpc) is 2.61. The van der Waals surface area contributed by atoms with Gasteiger partial charge in [-0.1, -0.05) is 0 Å². The SMILES string of the molecule is Cc1ncccc1C(=O)NCc1cnc([C@@]2(C)CCCCO2)nc1. The quantitative estimate of drug-likeness (QED) is 0.934. The first-order chi connectivity index (χ1) is 11.6. The lowest BCUT2D eigenvalue weighted by atomic mass is 9.95. The first-order valence-corrected chi connectivity index (χ1v) is 8.24. The summed E-state index contributed by atoms with van der Waals surface area (Å²) in [6.45, 7) is 4.99. The van der Waals surface area contributed by atoms with Crippen molar-refractivity contribution in [2.75, 3.05) is 6.61 Å². The standard InChI is InChI=1S/C18H22N4O2/c1-13-15(6-5-8-19-13)16(23)20-10-14-11-21-17(22-12-14)18(2)7-3-4-9-24-18/h5-6,8,11-12H,3-4,7,9-10H2,1-2H3,(H,20,23)/t18-/m1/s1. The fourth-order valence-corrected chi connectivity index (χ4v) is 2.83. The molecule has 0 aromatic carbocycles. The Balaban J connectivity index is 1.62. The second kappa shape index (κ2) is 7.05. The van der Waals surface area contributed by atoms with E-state index in [4.69, 9.17) is 4.74 Å². The molecule has 1 fully saturated rings. The minimum atomic E-state index is -0.396. The van der Waals surface area contributed by atoms with Gasteiger partial charge in [-0.3, -0.25) is 9.78 Å². The van der Waals surface area contributed by atoms with Crippen molar-refractivity contribution in [1.29, 1.82) is 0 Å². The fourth-order valence-electron chi connectivity index (χ4n) is 2.83. The highest BCUT2D eigenvalue weighted by molar-refractivity contribution is 5.95. The van der Waals surface area contributed by atoms with Crippen LogP contribution < -0.4 is 5.32 Å². The van der Waals surface area contributed by atoms with Crippen LogP contribution in [0.3, 0.4) is 0 Å². The van der Waals surface area contributed by atoms with Crippen LogP contribution in [0.4, 0.5) is 0 Å². The Kier molecular flexibility index (Phi) is 4.85. The topological polar surface area (TPSA) is 77.0 Å². The summed E-state index contributed by atoms with van der Waals surface area (Å²) in [7, 11) is 0. The molecule has 1 aliphatic rings. The van der Waals surface area contributed by atoms with E-state index in [1.54, 1.807) is 30.7 Å². The molecule has 1 saturated heterocycles. The zero-order valence-corrected chi connectivity index (χ0v) is 14.1. The maximum atomic E-state index is 12.2. The van der Waals surface area contributed by atoms with E-state index in [9.17, 15) is 4.79 Å². The number of amides is 1. The summed E-state index contributed by atoms with van der Waals surface area (Å²) in [5.41, 5.74) is 1.75. The highest BCUT2D eigenvalue weighted by Gasteiger charge is 2.32. The molecule has 3 heterocycles. The second-order valence-electron chi connectivity index (χ2n) is 6.27. The van der Waals surface area contributed by atoms with E-state index in [0.29, 0.717) is 23.6 Å². The van der Waals surface area contributed by atoms with Crippen LogP contribution in [0.15, 0.2) is 30.7 Å². The van der Waals surface area contributed by atoms with Gasteiger partial charge in [-0.05, 0) is 45.2 Å². The molecule has 1 aliphatic heterocycles. The third-order valence-corrected chi connectivity index (χ3v) is 4.35. The van der Waals surface area contributed by atoms with E-state index in [1.807, 2.05) is 13.8 Å². The summed E-state index contributed by atoms with van der Waals surface area (Å²) in [6.07, 6.45) is 8.33. The minimum absolute atomic E-state index is 0.146. The molecule has 24 heavy (non-hydrogen) atoms. The highest BCUT2D eigenvalue weighted by Crippen LogP contribution is 2.32. The van der Waals surface area contributed by atoms with Crippen LogP contribution in [-0.2, 0) is 16.9 Å². The third kappa shape index (κ3) is 3.59. The van der Waals surface area contributed by atoms with E-state index in [0.717, 1.165) is 31.4 Å². The first kappa shape index (κ1) is 16.5. The van der Waals surface area contributed by atoms with Crippen molar-refractivity contribution in [2.45, 2.75) is 45.3 Å². The van der Waals surface area contributed by atoms with Crippen LogP contribution in [-0.4, -0.2) is 27.5 Å². The zero-order chi connectivity index (χ0) is 17.0. The van der Waals surface area contributed by atoms with Crippen molar-refractivity contribution in [3.05, 3.63) is 53.4 Å². The van der Waals surface area contributed by atoms with Gasteiger partial charge in [-0.25, -0.2) is 9.97 Å². The second-order valence-corrected chi connectivity index (χ2v) is 6.27. The maximum absolute atomic E-state index is 12.2. The van der Waals surface area contributed by atoms with Gasteiger partial charge in [0.05, 0.1) is 5.56 Å². The summed E-state index contributed by atoms with van der Waals surface area (Å²) in [6, 6.07) is 3.52. The lowest BCUT2D eigenvalue weighted by Crippen LogP contribution is -2.32. The number of carbonyl (C=O) groups excluding carboxylic acids is 1. The molecule has 3 rings (SSSR count). The van der Waals surface area contributed by atoms with Crippen LogP contribution in [0.2, 0.25) is 0 Å². The van der Waals surface area contributed by atoms with Crippen molar-refractivity contribution < 1.29 is 9.53 Å². The molecule has 126 valence electrons. The van der Waals surface area contributed by atoms with Gasteiger partial charge in [0.2, 0.25) is 0 Å². The molecule has 0 unspecified atom stereocenters. The molecule has 0 radical (unpaired) electrons. The van der Waals surface area contributed by atoms with Crippen molar-refractivity contribution >= 4 is 5.91 Å². The third-order valence-electron chi connectivity index (χ3n) is 4.35. The Morgan fingerprint density at radius 1 is 1.29 bits per heavy atom. The Hall–Kier alpha value is -2.34. The normalized spacial score (nSPS) is 20.6. The molecular formula is C18H22N4O2. The van der Waals surface area contributed by atoms with Crippen molar-refractivity contribution in [2.24, 2.45) is 0 Å². The number of carbonyl (C=O) groups is 1. The molecule has 1 amide bonds. The summed E-state index contributed by atoms with van der Waals surface area (Å²) < 4.78 is 5.86. The largest absolute Gasteiger partial charge is 0.367 e. The number of aromatic nitrogens is 3. The molecule has 2 aromatic rings. The lowest BCUT2D eigenvalue weighted by molar-refractivity contribution is -0.0760. The van der Waals surface area contributed by atoms with E-state index >= 15 is 0 Å². The number of nitrogens with one attached hydrogen (secondary N) is 1. The van der Waals surface area contributed by atoms with Crippen molar-refractivity contribution in [3.63, 3.8) is 0 Å². The lowest BCUT2D eigenvalue weighted by Gasteiger charge is -2.32. The number of hydrogen-bond acceptors (Lipinski definition) is 5. The number of rotatable bonds is 4. The summed E-state index contributed by atoms with van der Waals surface area (Å²) in [5.74, 6) is 0.563. The zero-order valence-electron chi connectivity index (χ0n) is 14.1. The smallest absolute Gasteiger partial charge is 0.253 e. The number of nitrogens with zero attached hydrogens (tertiary/aromatic N) is 3. The molecule has 0 aliphatic carbocycles. The van der Waals surface area contributed by atoms with Gasteiger partial charge in [0.1, 0.15) is 5.60 Å². The number of pyridine rings is 1. The predicted molar refractivity (Wildman–Crippen MR) is 89.3 cm³/mol. The molecule has 1 N–H and O–H groups in total. The van der Waals surface area contributed by atoms with Crippen LogP contribution >= 0.6 is 0 Å². The Morgan fingerprint density at radius 2 is 2.08 bits per heavy atom. The summed E-state index contributed by atoms with van der Waals surface area (Å²) in [4.78, 5) is 25.2. The summed E-state index contributed by atoms with van der Waals surface area (Å²) in [5, 5.41) is 2.87. The molecule has 6 nitrogen and oxygen atoms in total. The Labute approximate surface area is 141 Å². The van der Waals surface area contributed by atoms with Gasteiger partial charge >= 0.3 is 0 Å². The van der Waals surface area contributed by atoms with E-state index in [2.05, 4.69) is 20.3 Å². The Morgan fingerprint density at radius 3 is 2.75 bits per heavy atom. The van der Waals surface area contributed by atoms with Gasteiger partial charge < -0.3 is 10.1 Å². The predicted octanol–water partition coefficient (Wildman–Crippen LogP) is 2.53. The Bertz CT molecular complexity index is 709. The van der Waals surface area contributed by atoms with Crippen LogP contribution in [0.1, 0.15) is 53.6 Å². The number of ether oxygens (including phenoxy) is 1. The molecule has 1 atom stereocenters. The molecule has 0 saturated carbocycles. The molecular weight excluding hydrogens is 304 g/mol. The van der Waals surface area contributed by atoms with E-state index in [1.165, 1.54) is 0 Å². The highest BCUT2D eigenvalue weighted by atomic mass is 16.5. The average molecular weight is 326 g/mol. The van der Waals surface area contributed by atoms with Crippen molar-refractivity contribution in [3.8, 4) is 0 Å². The van der Waals surface area contributed by atoms with Crippen LogP contribution in [0.5, 0.6) is 0 Å². The van der Waals surface area contributed by atoms with Gasteiger partial charge in [-0.15, -0.1) is 0 Å².